The maximum Gasteiger partial charge on any atom is 0.306 e. The maximum absolute atomic E-state index is 12.8. The molecule has 0 heterocycles. The summed E-state index contributed by atoms with van der Waals surface area (Å²) in [6, 6.07) is 0. The molecule has 0 bridgehead atoms. The number of carbonyl (C=O) groups is 3. The summed E-state index contributed by atoms with van der Waals surface area (Å²) in [4.78, 5) is 38.0. The number of rotatable bonds is 49. The SMILES string of the molecule is CCCC/C=C\C=C/CCCCCC(=O)OCC(COC(=O)CCCCCCC/C=C\C=C/CCCCCCCCC)OC(=O)CCCCCCCCC/C=C\CCCCCCCC. The van der Waals surface area contributed by atoms with E-state index < -0.39 is 6.10 Å². The molecule has 0 aliphatic heterocycles. The van der Waals surface area contributed by atoms with E-state index in [9.17, 15) is 14.4 Å². The molecule has 0 saturated heterocycles. The standard InChI is InChI=1S/C58H102O6/c1-4-7-10-13-16-19-22-24-26-28-30-31-33-36-39-42-45-48-51-57(60)63-54-55(53-62-56(59)50-47-44-41-38-35-21-18-15-12-9-6-3)64-58(61)52-49-46-43-40-37-34-32-29-27-25-23-20-17-14-11-8-5-2/h15,18,21,25-28,30-31,35,55H,4-14,16-17,19-20,22-24,29,32-34,36-54H2,1-3H3/b18-15-,27-25-,28-26-,31-30-,35-21-. The Kier molecular flexibility index (Phi) is 50.4. The van der Waals surface area contributed by atoms with Crippen molar-refractivity contribution in [3.8, 4) is 0 Å². The molecule has 0 saturated carbocycles. The van der Waals surface area contributed by atoms with Crippen LogP contribution in [0.1, 0.15) is 271 Å². The Morgan fingerprint density at radius 2 is 0.578 bits per heavy atom. The molecular formula is C58H102O6. The van der Waals surface area contributed by atoms with Crippen LogP contribution in [0.25, 0.3) is 0 Å². The monoisotopic (exact) mass is 895 g/mol. The largest absolute Gasteiger partial charge is 0.462 e. The van der Waals surface area contributed by atoms with Gasteiger partial charge < -0.3 is 14.2 Å². The van der Waals surface area contributed by atoms with E-state index in [1.807, 2.05) is 0 Å². The van der Waals surface area contributed by atoms with Gasteiger partial charge in [0.15, 0.2) is 6.10 Å². The van der Waals surface area contributed by atoms with E-state index >= 15 is 0 Å². The summed E-state index contributed by atoms with van der Waals surface area (Å²) in [6.45, 7) is 6.55. The Bertz CT molecular complexity index is 1170. The van der Waals surface area contributed by atoms with Crippen molar-refractivity contribution in [2.75, 3.05) is 13.2 Å². The predicted molar refractivity (Wildman–Crippen MR) is 275 cm³/mol. The van der Waals surface area contributed by atoms with Crippen LogP contribution in [-0.2, 0) is 28.6 Å². The van der Waals surface area contributed by atoms with E-state index in [1.54, 1.807) is 0 Å². The lowest BCUT2D eigenvalue weighted by Gasteiger charge is -2.18. The van der Waals surface area contributed by atoms with Crippen molar-refractivity contribution in [1.82, 2.24) is 0 Å². The van der Waals surface area contributed by atoms with E-state index in [1.165, 1.54) is 141 Å². The van der Waals surface area contributed by atoms with Crippen molar-refractivity contribution in [3.63, 3.8) is 0 Å². The van der Waals surface area contributed by atoms with Crippen LogP contribution in [0, 0.1) is 0 Å². The zero-order chi connectivity index (χ0) is 46.5. The minimum atomic E-state index is -0.793. The van der Waals surface area contributed by atoms with E-state index in [4.69, 9.17) is 14.2 Å². The molecular weight excluding hydrogens is 793 g/mol. The topological polar surface area (TPSA) is 78.9 Å². The number of unbranched alkanes of at least 4 members (excludes halogenated alkanes) is 30. The molecule has 1 unspecified atom stereocenters. The zero-order valence-corrected chi connectivity index (χ0v) is 42.3. The summed E-state index contributed by atoms with van der Waals surface area (Å²) in [5.41, 5.74) is 0. The third-order valence-electron chi connectivity index (χ3n) is 11.8. The average Bonchev–Trinajstić information content (AvgIpc) is 3.29. The van der Waals surface area contributed by atoms with Crippen LogP contribution in [0.4, 0.5) is 0 Å². The van der Waals surface area contributed by atoms with Gasteiger partial charge in [-0.05, 0) is 89.9 Å². The second-order valence-electron chi connectivity index (χ2n) is 18.2. The summed E-state index contributed by atoms with van der Waals surface area (Å²) in [7, 11) is 0. The lowest BCUT2D eigenvalue weighted by Crippen LogP contribution is -2.30. The maximum atomic E-state index is 12.8. The summed E-state index contributed by atoms with van der Waals surface area (Å²) in [6.07, 6.45) is 64.9. The molecule has 0 aromatic carbocycles. The molecule has 370 valence electrons. The second kappa shape index (κ2) is 52.7. The van der Waals surface area contributed by atoms with Crippen LogP contribution < -0.4 is 0 Å². The highest BCUT2D eigenvalue weighted by Crippen LogP contribution is 2.14. The Morgan fingerprint density at radius 1 is 0.312 bits per heavy atom. The Morgan fingerprint density at radius 3 is 0.938 bits per heavy atom. The van der Waals surface area contributed by atoms with Gasteiger partial charge in [0.2, 0.25) is 0 Å². The van der Waals surface area contributed by atoms with E-state index in [0.717, 1.165) is 89.9 Å². The van der Waals surface area contributed by atoms with Crippen molar-refractivity contribution in [2.45, 2.75) is 277 Å². The Balaban J connectivity index is 4.39. The highest BCUT2D eigenvalue weighted by atomic mass is 16.6. The van der Waals surface area contributed by atoms with Crippen LogP contribution in [0.15, 0.2) is 60.8 Å². The van der Waals surface area contributed by atoms with Gasteiger partial charge in [0.25, 0.3) is 0 Å². The molecule has 0 aromatic rings. The van der Waals surface area contributed by atoms with Crippen molar-refractivity contribution < 1.29 is 28.6 Å². The molecule has 0 aromatic heterocycles. The van der Waals surface area contributed by atoms with Gasteiger partial charge in [-0.2, -0.15) is 0 Å². The predicted octanol–water partition coefficient (Wildman–Crippen LogP) is 18.0. The molecule has 0 aliphatic carbocycles. The molecule has 0 aliphatic rings. The molecule has 0 amide bonds. The molecule has 6 heteroatoms. The molecule has 0 rings (SSSR count). The molecule has 0 fully saturated rings. The number of hydrogen-bond donors (Lipinski definition) is 0. The third-order valence-corrected chi connectivity index (χ3v) is 11.8. The minimum Gasteiger partial charge on any atom is -0.462 e. The van der Waals surface area contributed by atoms with Gasteiger partial charge in [-0.25, -0.2) is 0 Å². The summed E-state index contributed by atoms with van der Waals surface area (Å²) in [5.74, 6) is -0.933. The van der Waals surface area contributed by atoms with E-state index in [2.05, 4.69) is 81.5 Å². The lowest BCUT2D eigenvalue weighted by molar-refractivity contribution is -0.167. The number of hydrogen-bond acceptors (Lipinski definition) is 6. The van der Waals surface area contributed by atoms with Crippen LogP contribution in [-0.4, -0.2) is 37.2 Å². The zero-order valence-electron chi connectivity index (χ0n) is 42.3. The fourth-order valence-electron chi connectivity index (χ4n) is 7.58. The van der Waals surface area contributed by atoms with Gasteiger partial charge in [0.1, 0.15) is 13.2 Å². The quantitative estimate of drug-likeness (QED) is 0.0199. The van der Waals surface area contributed by atoms with Crippen molar-refractivity contribution in [1.29, 1.82) is 0 Å². The first-order chi connectivity index (χ1) is 31.5. The van der Waals surface area contributed by atoms with Crippen molar-refractivity contribution in [2.24, 2.45) is 0 Å². The molecule has 6 nitrogen and oxygen atoms in total. The molecule has 0 N–H and O–H groups in total. The highest BCUT2D eigenvalue weighted by Gasteiger charge is 2.19. The first kappa shape index (κ1) is 61.1. The average molecular weight is 895 g/mol. The molecule has 64 heavy (non-hydrogen) atoms. The first-order valence-electron chi connectivity index (χ1n) is 27.3. The van der Waals surface area contributed by atoms with E-state index in [0.29, 0.717) is 19.3 Å². The molecule has 1 atom stereocenters. The summed E-state index contributed by atoms with van der Waals surface area (Å²) < 4.78 is 16.8. The van der Waals surface area contributed by atoms with Gasteiger partial charge in [-0.3, -0.25) is 14.4 Å². The third kappa shape index (κ3) is 50.1. The smallest absolute Gasteiger partial charge is 0.306 e. The van der Waals surface area contributed by atoms with Crippen molar-refractivity contribution in [3.05, 3.63) is 60.8 Å². The Hall–Kier alpha value is -2.89. The van der Waals surface area contributed by atoms with Gasteiger partial charge in [0, 0.05) is 19.3 Å². The van der Waals surface area contributed by atoms with Crippen LogP contribution >= 0.6 is 0 Å². The van der Waals surface area contributed by atoms with Crippen molar-refractivity contribution >= 4 is 17.9 Å². The number of ether oxygens (including phenoxy) is 3. The Labute approximate surface area is 396 Å². The molecule has 0 spiro atoms. The fourth-order valence-corrected chi connectivity index (χ4v) is 7.58. The summed E-state index contributed by atoms with van der Waals surface area (Å²) >= 11 is 0. The number of allylic oxidation sites excluding steroid dienone is 10. The van der Waals surface area contributed by atoms with E-state index in [-0.39, 0.29) is 31.1 Å². The van der Waals surface area contributed by atoms with Gasteiger partial charge in [-0.15, -0.1) is 0 Å². The number of esters is 3. The fraction of sp³-hybridized carbons (Fsp3) is 0.776. The van der Waals surface area contributed by atoms with Crippen LogP contribution in [0.2, 0.25) is 0 Å². The van der Waals surface area contributed by atoms with Gasteiger partial charge in [-0.1, -0.05) is 223 Å². The normalized spacial score (nSPS) is 12.5. The highest BCUT2D eigenvalue weighted by molar-refractivity contribution is 5.71. The number of carbonyl (C=O) groups excluding carboxylic acids is 3. The van der Waals surface area contributed by atoms with Gasteiger partial charge >= 0.3 is 17.9 Å². The van der Waals surface area contributed by atoms with Crippen LogP contribution in [0.3, 0.4) is 0 Å². The lowest BCUT2D eigenvalue weighted by atomic mass is 10.1. The van der Waals surface area contributed by atoms with Crippen LogP contribution in [0.5, 0.6) is 0 Å². The van der Waals surface area contributed by atoms with Gasteiger partial charge in [0.05, 0.1) is 0 Å². The summed E-state index contributed by atoms with van der Waals surface area (Å²) in [5, 5.41) is 0. The second-order valence-corrected chi connectivity index (χ2v) is 18.2. The first-order valence-corrected chi connectivity index (χ1v) is 27.3. The minimum absolute atomic E-state index is 0.0921. The molecule has 0 radical (unpaired) electrons.